The molecule has 17 heavy (non-hydrogen) atoms. The number of aromatic nitrogens is 2. The lowest BCUT2D eigenvalue weighted by molar-refractivity contribution is 0.602. The lowest BCUT2D eigenvalue weighted by Crippen LogP contribution is -2.18. The molecule has 8 heteroatoms. The molecule has 4 N–H and O–H groups in total. The maximum Gasteiger partial charge on any atom is 0.149 e. The zero-order valence-electron chi connectivity index (χ0n) is 10.1. The summed E-state index contributed by atoms with van der Waals surface area (Å²) < 4.78 is 22.0. The third-order valence-electron chi connectivity index (χ3n) is 2.16. The molecule has 1 rings (SSSR count). The molecule has 1 aromatic rings. The van der Waals surface area contributed by atoms with Crippen molar-refractivity contribution in [2.45, 2.75) is 13.8 Å². The SMILES string of the molecule is Cc1nc(NN)c(C)c(NCCS(C)(=O)=O)n1. The Hall–Kier alpha value is -1.41. The van der Waals surface area contributed by atoms with Crippen molar-refractivity contribution in [2.24, 2.45) is 5.84 Å². The van der Waals surface area contributed by atoms with Crippen molar-refractivity contribution in [3.8, 4) is 0 Å². The summed E-state index contributed by atoms with van der Waals surface area (Å²) in [5.41, 5.74) is 3.23. The van der Waals surface area contributed by atoms with Crippen LogP contribution in [0.1, 0.15) is 11.4 Å². The number of nitrogens with one attached hydrogen (secondary N) is 2. The standard InChI is InChI=1S/C9H17N5O2S/c1-6-8(11-4-5-17(3,15)16)12-7(2)13-9(6)14-10/h4-5,10H2,1-3H3,(H2,11,12,13,14). The van der Waals surface area contributed by atoms with Crippen LogP contribution in [-0.2, 0) is 9.84 Å². The topological polar surface area (TPSA) is 110 Å². The van der Waals surface area contributed by atoms with Gasteiger partial charge in [-0.05, 0) is 13.8 Å². The van der Waals surface area contributed by atoms with Crippen LogP contribution in [-0.4, -0.2) is 36.9 Å². The molecule has 0 saturated carbocycles. The highest BCUT2D eigenvalue weighted by molar-refractivity contribution is 7.90. The predicted molar refractivity (Wildman–Crippen MR) is 67.5 cm³/mol. The molecular formula is C9H17N5O2S. The van der Waals surface area contributed by atoms with E-state index in [1.54, 1.807) is 13.8 Å². The molecule has 0 aliphatic carbocycles. The summed E-state index contributed by atoms with van der Waals surface area (Å²) in [6.07, 6.45) is 1.19. The smallest absolute Gasteiger partial charge is 0.149 e. The first-order valence-corrected chi connectivity index (χ1v) is 7.13. The maximum absolute atomic E-state index is 11.0. The monoisotopic (exact) mass is 259 g/mol. The van der Waals surface area contributed by atoms with E-state index in [1.165, 1.54) is 6.26 Å². The Morgan fingerprint density at radius 1 is 1.24 bits per heavy atom. The fourth-order valence-electron chi connectivity index (χ4n) is 1.30. The molecule has 0 atom stereocenters. The molecule has 7 nitrogen and oxygen atoms in total. The van der Waals surface area contributed by atoms with E-state index in [-0.39, 0.29) is 5.75 Å². The number of hydrogen-bond donors (Lipinski definition) is 3. The number of anilines is 2. The molecule has 1 heterocycles. The van der Waals surface area contributed by atoms with E-state index in [0.717, 1.165) is 5.56 Å². The Kier molecular flexibility index (Phi) is 4.24. The summed E-state index contributed by atoms with van der Waals surface area (Å²) in [4.78, 5) is 8.29. The van der Waals surface area contributed by atoms with E-state index >= 15 is 0 Å². The van der Waals surface area contributed by atoms with Gasteiger partial charge in [0.2, 0.25) is 0 Å². The van der Waals surface area contributed by atoms with Gasteiger partial charge >= 0.3 is 0 Å². The number of nitrogens with two attached hydrogens (primary N) is 1. The Bertz CT molecular complexity index is 500. The molecule has 96 valence electrons. The van der Waals surface area contributed by atoms with Crippen molar-refractivity contribution in [1.29, 1.82) is 0 Å². The van der Waals surface area contributed by atoms with Crippen LogP contribution in [0.2, 0.25) is 0 Å². The summed E-state index contributed by atoms with van der Waals surface area (Å²) in [5, 5.41) is 2.96. The highest BCUT2D eigenvalue weighted by atomic mass is 32.2. The summed E-state index contributed by atoms with van der Waals surface area (Å²) in [6.45, 7) is 3.85. The lowest BCUT2D eigenvalue weighted by Gasteiger charge is -2.11. The Morgan fingerprint density at radius 2 is 1.82 bits per heavy atom. The summed E-state index contributed by atoms with van der Waals surface area (Å²) in [7, 11) is -2.98. The molecule has 0 spiro atoms. The normalized spacial score (nSPS) is 11.3. The lowest BCUT2D eigenvalue weighted by atomic mass is 10.3. The van der Waals surface area contributed by atoms with Gasteiger partial charge in [-0.25, -0.2) is 24.2 Å². The highest BCUT2D eigenvalue weighted by Gasteiger charge is 2.08. The van der Waals surface area contributed by atoms with E-state index in [4.69, 9.17) is 5.84 Å². The second-order valence-corrected chi connectivity index (χ2v) is 6.05. The zero-order chi connectivity index (χ0) is 13.1. The summed E-state index contributed by atoms with van der Waals surface area (Å²) >= 11 is 0. The van der Waals surface area contributed by atoms with Gasteiger partial charge in [-0.1, -0.05) is 0 Å². The first-order valence-electron chi connectivity index (χ1n) is 5.07. The van der Waals surface area contributed by atoms with Crippen LogP contribution < -0.4 is 16.6 Å². The molecule has 0 aliphatic rings. The summed E-state index contributed by atoms with van der Waals surface area (Å²) in [6, 6.07) is 0. The van der Waals surface area contributed by atoms with Crippen molar-refractivity contribution in [2.75, 3.05) is 29.3 Å². The van der Waals surface area contributed by atoms with E-state index in [9.17, 15) is 8.42 Å². The van der Waals surface area contributed by atoms with Crippen molar-refractivity contribution >= 4 is 21.5 Å². The molecule has 0 unspecified atom stereocenters. The van der Waals surface area contributed by atoms with E-state index in [2.05, 4.69) is 20.7 Å². The fraction of sp³-hybridized carbons (Fsp3) is 0.556. The minimum absolute atomic E-state index is 0.0564. The van der Waals surface area contributed by atoms with Crippen molar-refractivity contribution in [3.63, 3.8) is 0 Å². The first-order chi connectivity index (χ1) is 7.83. The number of hydrazine groups is 1. The van der Waals surface area contributed by atoms with E-state index in [1.807, 2.05) is 0 Å². The molecule has 0 aromatic carbocycles. The predicted octanol–water partition coefficient (Wildman–Crippen LogP) is -0.164. The molecule has 0 fully saturated rings. The van der Waals surface area contributed by atoms with Gasteiger partial charge in [-0.2, -0.15) is 0 Å². The van der Waals surface area contributed by atoms with Crippen LogP contribution in [0, 0.1) is 13.8 Å². The zero-order valence-corrected chi connectivity index (χ0v) is 10.9. The van der Waals surface area contributed by atoms with E-state index in [0.29, 0.717) is 24.0 Å². The van der Waals surface area contributed by atoms with Crippen LogP contribution in [0.5, 0.6) is 0 Å². The minimum atomic E-state index is -2.98. The van der Waals surface area contributed by atoms with Crippen LogP contribution in [0.25, 0.3) is 0 Å². The average Bonchev–Trinajstić information content (AvgIpc) is 2.20. The first kappa shape index (κ1) is 13.7. The number of rotatable bonds is 5. The molecule has 0 aliphatic heterocycles. The van der Waals surface area contributed by atoms with Crippen LogP contribution in [0.3, 0.4) is 0 Å². The van der Waals surface area contributed by atoms with Gasteiger partial charge in [0.05, 0.1) is 5.75 Å². The number of sulfone groups is 1. The van der Waals surface area contributed by atoms with Crippen LogP contribution in [0.4, 0.5) is 11.6 Å². The number of nitrogen functional groups attached to an aromatic ring is 1. The van der Waals surface area contributed by atoms with Gasteiger partial charge in [0.15, 0.2) is 0 Å². The van der Waals surface area contributed by atoms with Crippen molar-refractivity contribution in [1.82, 2.24) is 9.97 Å². The third-order valence-corrected chi connectivity index (χ3v) is 3.11. The fourth-order valence-corrected chi connectivity index (χ4v) is 1.77. The number of nitrogens with zero attached hydrogens (tertiary/aromatic N) is 2. The van der Waals surface area contributed by atoms with E-state index < -0.39 is 9.84 Å². The minimum Gasteiger partial charge on any atom is -0.369 e. The molecule has 0 bridgehead atoms. The molecule has 0 amide bonds. The number of aryl methyl sites for hydroxylation is 1. The van der Waals surface area contributed by atoms with Gasteiger partial charge in [0.25, 0.3) is 0 Å². The molecular weight excluding hydrogens is 242 g/mol. The van der Waals surface area contributed by atoms with Crippen molar-refractivity contribution in [3.05, 3.63) is 11.4 Å². The maximum atomic E-state index is 11.0. The largest absolute Gasteiger partial charge is 0.369 e. The third kappa shape index (κ3) is 4.16. The molecule has 0 radical (unpaired) electrons. The number of hydrogen-bond acceptors (Lipinski definition) is 7. The van der Waals surface area contributed by atoms with Crippen molar-refractivity contribution < 1.29 is 8.42 Å². The average molecular weight is 259 g/mol. The highest BCUT2D eigenvalue weighted by Crippen LogP contribution is 2.18. The van der Waals surface area contributed by atoms with Gasteiger partial charge in [-0.15, -0.1) is 0 Å². The van der Waals surface area contributed by atoms with Crippen LogP contribution in [0.15, 0.2) is 0 Å². The Balaban J connectivity index is 2.81. The quantitative estimate of drug-likeness (QED) is 0.497. The van der Waals surface area contributed by atoms with Gasteiger partial charge in [0.1, 0.15) is 27.3 Å². The summed E-state index contributed by atoms with van der Waals surface area (Å²) in [5.74, 6) is 7.06. The van der Waals surface area contributed by atoms with Gasteiger partial charge in [-0.3, -0.25) is 0 Å². The second-order valence-electron chi connectivity index (χ2n) is 3.79. The van der Waals surface area contributed by atoms with Gasteiger partial charge in [0, 0.05) is 18.4 Å². The van der Waals surface area contributed by atoms with Gasteiger partial charge < -0.3 is 10.7 Å². The Morgan fingerprint density at radius 3 is 2.35 bits per heavy atom. The van der Waals surface area contributed by atoms with Crippen LogP contribution >= 0.6 is 0 Å². The molecule has 1 aromatic heterocycles. The molecule has 0 saturated heterocycles. The second kappa shape index (κ2) is 5.28. The Labute approximate surface area is 101 Å².